The normalized spacial score (nSPS) is 10.3. The van der Waals surface area contributed by atoms with Crippen LogP contribution in [0, 0.1) is 5.82 Å². The summed E-state index contributed by atoms with van der Waals surface area (Å²) in [6.07, 6.45) is 0. The smallest absolute Gasteiger partial charge is 0.141 e. The van der Waals surface area contributed by atoms with Crippen LogP contribution in [0.1, 0.15) is 5.56 Å². The van der Waals surface area contributed by atoms with Gasteiger partial charge >= 0.3 is 0 Å². The van der Waals surface area contributed by atoms with Gasteiger partial charge in [-0.2, -0.15) is 0 Å². The molecule has 2 aromatic rings. The maximum Gasteiger partial charge on any atom is 0.141 e. The van der Waals surface area contributed by atoms with E-state index in [-0.39, 0.29) is 5.02 Å². The van der Waals surface area contributed by atoms with Crippen molar-refractivity contribution < 1.29 is 9.13 Å². The summed E-state index contributed by atoms with van der Waals surface area (Å²) in [4.78, 5) is 0. The molecule has 0 unspecified atom stereocenters. The van der Waals surface area contributed by atoms with Crippen LogP contribution in [0.15, 0.2) is 36.4 Å². The molecule has 0 saturated carbocycles. The summed E-state index contributed by atoms with van der Waals surface area (Å²) in [5, 5.41) is 3.27. The Morgan fingerprint density at radius 1 is 1.26 bits per heavy atom. The second-order valence-electron chi connectivity index (χ2n) is 4.06. The molecule has 0 amide bonds. The van der Waals surface area contributed by atoms with Gasteiger partial charge in [0, 0.05) is 12.6 Å². The minimum Gasteiger partial charge on any atom is -0.497 e. The zero-order chi connectivity index (χ0) is 13.8. The van der Waals surface area contributed by atoms with Crippen LogP contribution in [0.3, 0.4) is 0 Å². The Morgan fingerprint density at radius 2 is 2.05 bits per heavy atom. The summed E-state index contributed by atoms with van der Waals surface area (Å²) in [7, 11) is 1.59. The molecule has 3 nitrogen and oxygen atoms in total. The van der Waals surface area contributed by atoms with Crippen LogP contribution < -0.4 is 15.8 Å². The minimum absolute atomic E-state index is 0.109. The van der Waals surface area contributed by atoms with Crippen molar-refractivity contribution >= 4 is 23.0 Å². The highest BCUT2D eigenvalue weighted by Crippen LogP contribution is 2.25. The van der Waals surface area contributed by atoms with Crippen molar-refractivity contribution in [3.63, 3.8) is 0 Å². The SMILES string of the molecule is COc1ccc(N)c(NCc2ccc(F)c(Cl)c2)c1. The van der Waals surface area contributed by atoms with Crippen molar-refractivity contribution in [3.05, 3.63) is 52.8 Å². The van der Waals surface area contributed by atoms with E-state index in [0.717, 1.165) is 11.3 Å². The third-order valence-electron chi connectivity index (χ3n) is 2.73. The molecular formula is C14H14ClFN2O. The highest BCUT2D eigenvalue weighted by molar-refractivity contribution is 6.30. The zero-order valence-corrected chi connectivity index (χ0v) is 11.2. The number of benzene rings is 2. The Balaban J connectivity index is 2.11. The Labute approximate surface area is 116 Å². The zero-order valence-electron chi connectivity index (χ0n) is 10.4. The van der Waals surface area contributed by atoms with Gasteiger partial charge in [-0.1, -0.05) is 17.7 Å². The van der Waals surface area contributed by atoms with Gasteiger partial charge in [0.15, 0.2) is 0 Å². The van der Waals surface area contributed by atoms with E-state index in [9.17, 15) is 4.39 Å². The van der Waals surface area contributed by atoms with E-state index in [1.807, 2.05) is 0 Å². The summed E-state index contributed by atoms with van der Waals surface area (Å²) < 4.78 is 18.2. The summed E-state index contributed by atoms with van der Waals surface area (Å²) in [5.74, 6) is 0.292. The second kappa shape index (κ2) is 5.80. The molecule has 0 fully saturated rings. The maximum atomic E-state index is 13.0. The van der Waals surface area contributed by atoms with E-state index in [2.05, 4.69) is 5.32 Å². The predicted octanol–water partition coefficient (Wildman–Crippen LogP) is 3.68. The minimum atomic E-state index is -0.425. The van der Waals surface area contributed by atoms with Crippen LogP contribution in [-0.2, 0) is 6.54 Å². The number of hydrogen-bond acceptors (Lipinski definition) is 3. The molecule has 100 valence electrons. The summed E-state index contributed by atoms with van der Waals surface area (Å²) in [5.41, 5.74) is 8.11. The number of ether oxygens (including phenoxy) is 1. The van der Waals surface area contributed by atoms with Crippen LogP contribution >= 0.6 is 11.6 Å². The number of methoxy groups -OCH3 is 1. The fraction of sp³-hybridized carbons (Fsp3) is 0.143. The molecule has 2 rings (SSSR count). The van der Waals surface area contributed by atoms with Crippen LogP contribution in [0.5, 0.6) is 5.75 Å². The number of hydrogen-bond donors (Lipinski definition) is 2. The average molecular weight is 281 g/mol. The van der Waals surface area contributed by atoms with Gasteiger partial charge in [0.2, 0.25) is 0 Å². The first-order valence-corrected chi connectivity index (χ1v) is 6.09. The van der Waals surface area contributed by atoms with Crippen LogP contribution in [0.4, 0.5) is 15.8 Å². The lowest BCUT2D eigenvalue weighted by Crippen LogP contribution is -2.03. The van der Waals surface area contributed by atoms with Gasteiger partial charge in [-0.05, 0) is 29.8 Å². The first-order chi connectivity index (χ1) is 9.10. The molecule has 0 aliphatic carbocycles. The van der Waals surface area contributed by atoms with Crippen molar-refractivity contribution in [1.82, 2.24) is 0 Å². The van der Waals surface area contributed by atoms with E-state index >= 15 is 0 Å². The number of rotatable bonds is 4. The molecule has 3 N–H and O–H groups in total. The van der Waals surface area contributed by atoms with E-state index < -0.39 is 5.82 Å². The number of nitrogens with two attached hydrogens (primary N) is 1. The highest BCUT2D eigenvalue weighted by Gasteiger charge is 2.03. The number of anilines is 2. The molecule has 2 aromatic carbocycles. The maximum absolute atomic E-state index is 13.0. The predicted molar refractivity (Wildman–Crippen MR) is 76.1 cm³/mol. The Bertz CT molecular complexity index is 590. The molecule has 0 aliphatic rings. The van der Waals surface area contributed by atoms with E-state index in [0.29, 0.717) is 18.0 Å². The third-order valence-corrected chi connectivity index (χ3v) is 3.02. The van der Waals surface area contributed by atoms with Crippen LogP contribution in [-0.4, -0.2) is 7.11 Å². The molecule has 0 atom stereocenters. The van der Waals surface area contributed by atoms with Crippen LogP contribution in [0.25, 0.3) is 0 Å². The standard InChI is InChI=1S/C14H14ClFN2O/c1-19-10-3-5-13(17)14(7-10)18-8-9-2-4-12(16)11(15)6-9/h2-7,18H,8,17H2,1H3. The Hall–Kier alpha value is -1.94. The Morgan fingerprint density at radius 3 is 2.74 bits per heavy atom. The van der Waals surface area contributed by atoms with Gasteiger partial charge in [-0.15, -0.1) is 0 Å². The molecule has 19 heavy (non-hydrogen) atoms. The van der Waals surface area contributed by atoms with Crippen molar-refractivity contribution in [2.24, 2.45) is 0 Å². The summed E-state index contributed by atoms with van der Waals surface area (Å²) in [6, 6.07) is 9.95. The third kappa shape index (κ3) is 3.29. The number of halogens is 2. The van der Waals surface area contributed by atoms with Crippen molar-refractivity contribution in [3.8, 4) is 5.75 Å². The Kier molecular flexibility index (Phi) is 4.12. The van der Waals surface area contributed by atoms with Crippen LogP contribution in [0.2, 0.25) is 5.02 Å². The monoisotopic (exact) mass is 280 g/mol. The van der Waals surface area contributed by atoms with Gasteiger partial charge in [-0.25, -0.2) is 4.39 Å². The quantitative estimate of drug-likeness (QED) is 0.840. The molecule has 0 heterocycles. The van der Waals surface area contributed by atoms with E-state index in [4.69, 9.17) is 22.1 Å². The summed E-state index contributed by atoms with van der Waals surface area (Å²) >= 11 is 5.73. The molecule has 0 saturated heterocycles. The van der Waals surface area contributed by atoms with Gasteiger partial charge < -0.3 is 15.8 Å². The van der Waals surface area contributed by atoms with Crippen molar-refractivity contribution in [2.75, 3.05) is 18.2 Å². The first kappa shape index (κ1) is 13.5. The number of nitrogen functional groups attached to an aromatic ring is 1. The van der Waals surface area contributed by atoms with Crippen molar-refractivity contribution in [1.29, 1.82) is 0 Å². The molecule has 0 bridgehead atoms. The fourth-order valence-electron chi connectivity index (χ4n) is 1.66. The van der Waals surface area contributed by atoms with Crippen molar-refractivity contribution in [2.45, 2.75) is 6.54 Å². The van der Waals surface area contributed by atoms with E-state index in [1.165, 1.54) is 6.07 Å². The topological polar surface area (TPSA) is 47.3 Å². The lowest BCUT2D eigenvalue weighted by atomic mass is 10.2. The van der Waals surface area contributed by atoms with Gasteiger partial charge in [0.1, 0.15) is 11.6 Å². The molecule has 0 aromatic heterocycles. The molecule has 0 radical (unpaired) electrons. The molecule has 0 aliphatic heterocycles. The number of nitrogens with one attached hydrogen (secondary N) is 1. The molecule has 0 spiro atoms. The second-order valence-corrected chi connectivity index (χ2v) is 4.46. The molecule has 5 heteroatoms. The van der Waals surface area contributed by atoms with Gasteiger partial charge in [0.05, 0.1) is 23.5 Å². The van der Waals surface area contributed by atoms with E-state index in [1.54, 1.807) is 37.4 Å². The first-order valence-electron chi connectivity index (χ1n) is 5.71. The van der Waals surface area contributed by atoms with Gasteiger partial charge in [0.25, 0.3) is 0 Å². The fourth-order valence-corrected chi connectivity index (χ4v) is 1.87. The molecular weight excluding hydrogens is 267 g/mol. The largest absolute Gasteiger partial charge is 0.497 e. The summed E-state index contributed by atoms with van der Waals surface area (Å²) in [6.45, 7) is 0.497. The van der Waals surface area contributed by atoms with Gasteiger partial charge in [-0.3, -0.25) is 0 Å². The highest BCUT2D eigenvalue weighted by atomic mass is 35.5. The average Bonchev–Trinajstić information content (AvgIpc) is 2.41. The lowest BCUT2D eigenvalue weighted by Gasteiger charge is -2.11. The lowest BCUT2D eigenvalue weighted by molar-refractivity contribution is 0.415.